The Morgan fingerprint density at radius 1 is 1.23 bits per heavy atom. The number of ether oxygens (including phenoxy) is 1. The van der Waals surface area contributed by atoms with Gasteiger partial charge in [-0.15, -0.1) is 0 Å². The van der Waals surface area contributed by atoms with E-state index in [0.29, 0.717) is 24.5 Å². The SMILES string of the molecule is CN(C)Cc1ccnc(NC(=O)[C@H]2CCO[C@@H]2c2ccnn2-c2ccc(F)cc2)c1. The van der Waals surface area contributed by atoms with Gasteiger partial charge < -0.3 is 15.0 Å². The van der Waals surface area contributed by atoms with E-state index in [-0.39, 0.29) is 17.6 Å². The Labute approximate surface area is 174 Å². The second kappa shape index (κ2) is 8.73. The number of carbonyl (C=O) groups excluding carboxylic acids is 1. The molecule has 0 aliphatic carbocycles. The predicted octanol–water partition coefficient (Wildman–Crippen LogP) is 3.18. The lowest BCUT2D eigenvalue weighted by Crippen LogP contribution is -2.27. The number of benzene rings is 1. The molecule has 0 saturated carbocycles. The van der Waals surface area contributed by atoms with Crippen molar-refractivity contribution in [1.82, 2.24) is 19.7 Å². The Balaban J connectivity index is 1.53. The summed E-state index contributed by atoms with van der Waals surface area (Å²) in [5, 5.41) is 7.27. The molecule has 2 atom stereocenters. The Bertz CT molecular complexity index is 1020. The van der Waals surface area contributed by atoms with Crippen LogP contribution < -0.4 is 5.32 Å². The number of hydrogen-bond acceptors (Lipinski definition) is 5. The van der Waals surface area contributed by atoms with Crippen LogP contribution in [-0.2, 0) is 16.1 Å². The first kappa shape index (κ1) is 20.2. The van der Waals surface area contributed by atoms with Gasteiger partial charge in [0, 0.05) is 25.5 Å². The maximum atomic E-state index is 13.3. The van der Waals surface area contributed by atoms with Crippen LogP contribution in [0.5, 0.6) is 0 Å². The summed E-state index contributed by atoms with van der Waals surface area (Å²) in [6, 6.07) is 11.7. The average molecular weight is 409 g/mol. The summed E-state index contributed by atoms with van der Waals surface area (Å²) in [6.07, 6.45) is 3.51. The minimum Gasteiger partial charge on any atom is -0.371 e. The average Bonchev–Trinajstić information content (AvgIpc) is 3.37. The summed E-state index contributed by atoms with van der Waals surface area (Å²) in [5.41, 5.74) is 2.54. The van der Waals surface area contributed by atoms with Crippen molar-refractivity contribution in [2.45, 2.75) is 19.1 Å². The van der Waals surface area contributed by atoms with E-state index in [1.165, 1.54) is 12.1 Å². The van der Waals surface area contributed by atoms with Gasteiger partial charge in [-0.1, -0.05) is 0 Å². The number of rotatable bonds is 6. The molecule has 1 aliphatic heterocycles. The van der Waals surface area contributed by atoms with E-state index in [1.54, 1.807) is 29.2 Å². The van der Waals surface area contributed by atoms with Crippen molar-refractivity contribution in [3.63, 3.8) is 0 Å². The minimum atomic E-state index is -0.442. The first-order valence-electron chi connectivity index (χ1n) is 9.83. The highest BCUT2D eigenvalue weighted by atomic mass is 19.1. The van der Waals surface area contributed by atoms with Crippen molar-refractivity contribution in [2.75, 3.05) is 26.0 Å². The maximum absolute atomic E-state index is 13.3. The number of nitrogens with zero attached hydrogens (tertiary/aromatic N) is 4. The normalized spacial score (nSPS) is 18.7. The van der Waals surface area contributed by atoms with E-state index < -0.39 is 6.10 Å². The number of carbonyl (C=O) groups is 1. The molecule has 1 aromatic carbocycles. The van der Waals surface area contributed by atoms with Crippen LogP contribution in [0.4, 0.5) is 10.2 Å². The molecule has 156 valence electrons. The zero-order valence-corrected chi connectivity index (χ0v) is 17.0. The lowest BCUT2D eigenvalue weighted by molar-refractivity contribution is -0.121. The molecule has 1 N–H and O–H groups in total. The van der Waals surface area contributed by atoms with Crippen molar-refractivity contribution >= 4 is 11.7 Å². The standard InChI is InChI=1S/C22H24FN5O2/c1-27(2)14-15-7-10-24-20(13-15)26-22(29)18-9-12-30-21(18)19-8-11-25-28(19)17-5-3-16(23)4-6-17/h3-8,10-11,13,18,21H,9,12,14H2,1-2H3,(H,24,26,29)/t18-,21-/m0/s1. The second-order valence-corrected chi connectivity index (χ2v) is 7.61. The van der Waals surface area contributed by atoms with Gasteiger partial charge in [0.1, 0.15) is 17.7 Å². The van der Waals surface area contributed by atoms with Gasteiger partial charge in [0.25, 0.3) is 0 Å². The molecule has 1 aliphatic rings. The molecule has 3 aromatic rings. The third-order valence-corrected chi connectivity index (χ3v) is 5.04. The van der Waals surface area contributed by atoms with Crippen LogP contribution in [0.25, 0.3) is 5.69 Å². The van der Waals surface area contributed by atoms with Crippen LogP contribution in [0.15, 0.2) is 54.9 Å². The van der Waals surface area contributed by atoms with Crippen molar-refractivity contribution in [3.05, 3.63) is 71.9 Å². The quantitative estimate of drug-likeness (QED) is 0.677. The first-order chi connectivity index (χ1) is 14.5. The highest BCUT2D eigenvalue weighted by Crippen LogP contribution is 2.36. The molecule has 2 aromatic heterocycles. The molecule has 1 amide bonds. The molecule has 0 radical (unpaired) electrons. The third kappa shape index (κ3) is 4.39. The van der Waals surface area contributed by atoms with Crippen molar-refractivity contribution in [2.24, 2.45) is 5.92 Å². The highest BCUT2D eigenvalue weighted by molar-refractivity contribution is 5.92. The van der Waals surface area contributed by atoms with E-state index in [1.807, 2.05) is 32.3 Å². The summed E-state index contributed by atoms with van der Waals surface area (Å²) in [4.78, 5) is 19.4. The molecule has 0 bridgehead atoms. The molecule has 3 heterocycles. The van der Waals surface area contributed by atoms with Gasteiger partial charge in [0.15, 0.2) is 0 Å². The fourth-order valence-corrected chi connectivity index (χ4v) is 3.70. The zero-order chi connectivity index (χ0) is 21.1. The van der Waals surface area contributed by atoms with Gasteiger partial charge in [0.05, 0.1) is 17.3 Å². The number of aromatic nitrogens is 3. The lowest BCUT2D eigenvalue weighted by Gasteiger charge is -2.19. The first-order valence-corrected chi connectivity index (χ1v) is 9.83. The monoisotopic (exact) mass is 409 g/mol. The van der Waals surface area contributed by atoms with Gasteiger partial charge in [-0.25, -0.2) is 14.1 Å². The molecular formula is C22H24FN5O2. The predicted molar refractivity (Wildman–Crippen MR) is 111 cm³/mol. The molecule has 1 saturated heterocycles. The topological polar surface area (TPSA) is 72.3 Å². The molecule has 1 fully saturated rings. The van der Waals surface area contributed by atoms with Gasteiger partial charge >= 0.3 is 0 Å². The smallest absolute Gasteiger partial charge is 0.231 e. The molecule has 30 heavy (non-hydrogen) atoms. The van der Waals surface area contributed by atoms with Crippen LogP contribution >= 0.6 is 0 Å². The largest absolute Gasteiger partial charge is 0.371 e. The third-order valence-electron chi connectivity index (χ3n) is 5.04. The summed E-state index contributed by atoms with van der Waals surface area (Å²) < 4.78 is 20.9. The highest BCUT2D eigenvalue weighted by Gasteiger charge is 2.37. The summed E-state index contributed by atoms with van der Waals surface area (Å²) in [5.74, 6) is -0.304. The van der Waals surface area contributed by atoms with Gasteiger partial charge in [-0.3, -0.25) is 4.79 Å². The van der Waals surface area contributed by atoms with E-state index >= 15 is 0 Å². The summed E-state index contributed by atoms with van der Waals surface area (Å²) in [6.45, 7) is 1.24. The van der Waals surface area contributed by atoms with E-state index in [4.69, 9.17) is 4.74 Å². The van der Waals surface area contributed by atoms with Crippen molar-refractivity contribution in [1.29, 1.82) is 0 Å². The van der Waals surface area contributed by atoms with Crippen molar-refractivity contribution in [3.8, 4) is 5.69 Å². The number of hydrogen-bond donors (Lipinski definition) is 1. The van der Waals surface area contributed by atoms with Gasteiger partial charge in [0.2, 0.25) is 5.91 Å². The Hall–Kier alpha value is -3.10. The van der Waals surface area contributed by atoms with E-state index in [0.717, 1.165) is 17.8 Å². The number of nitrogens with one attached hydrogen (secondary N) is 1. The van der Waals surface area contributed by atoms with Crippen molar-refractivity contribution < 1.29 is 13.9 Å². The number of pyridine rings is 1. The molecule has 0 spiro atoms. The minimum absolute atomic E-state index is 0.140. The second-order valence-electron chi connectivity index (χ2n) is 7.61. The summed E-state index contributed by atoms with van der Waals surface area (Å²) in [7, 11) is 3.98. The molecule has 8 heteroatoms. The van der Waals surface area contributed by atoms with Crippen LogP contribution in [-0.4, -0.2) is 46.3 Å². The van der Waals surface area contributed by atoms with Crippen LogP contribution in [0.1, 0.15) is 23.8 Å². The fourth-order valence-electron chi connectivity index (χ4n) is 3.70. The molecular weight excluding hydrogens is 385 g/mol. The lowest BCUT2D eigenvalue weighted by atomic mass is 9.97. The van der Waals surface area contributed by atoms with Gasteiger partial charge in [-0.2, -0.15) is 5.10 Å². The Morgan fingerprint density at radius 3 is 2.80 bits per heavy atom. The number of halogens is 1. The number of amides is 1. The number of anilines is 1. The Morgan fingerprint density at radius 2 is 2.03 bits per heavy atom. The van der Waals surface area contributed by atoms with E-state index in [2.05, 4.69) is 20.3 Å². The molecule has 4 rings (SSSR count). The Kier molecular flexibility index (Phi) is 5.87. The van der Waals surface area contributed by atoms with Crippen LogP contribution in [0, 0.1) is 11.7 Å². The fraction of sp³-hybridized carbons (Fsp3) is 0.318. The van der Waals surface area contributed by atoms with Gasteiger partial charge in [-0.05, 0) is 68.5 Å². The zero-order valence-electron chi connectivity index (χ0n) is 17.0. The summed E-state index contributed by atoms with van der Waals surface area (Å²) >= 11 is 0. The molecule has 7 nitrogen and oxygen atoms in total. The van der Waals surface area contributed by atoms with E-state index in [9.17, 15) is 9.18 Å². The molecule has 0 unspecified atom stereocenters. The maximum Gasteiger partial charge on any atom is 0.231 e. The van der Waals surface area contributed by atoms with Crippen LogP contribution in [0.2, 0.25) is 0 Å². The van der Waals surface area contributed by atoms with Crippen LogP contribution in [0.3, 0.4) is 0 Å².